The number of benzene rings is 3. The number of aliphatic hydroxyl groups excluding tert-OH is 1. The number of hydrogen-bond acceptors (Lipinski definition) is 4. The fourth-order valence-electron chi connectivity index (χ4n) is 3.39. The minimum absolute atomic E-state index is 0.0305. The first-order valence-electron chi connectivity index (χ1n) is 9.36. The maximum Gasteiger partial charge on any atom is 0.412 e. The number of carbonyl (C=O) groups excluding carboxylic acids is 1. The second-order valence-corrected chi connectivity index (χ2v) is 8.51. The van der Waals surface area contributed by atoms with E-state index in [4.69, 9.17) is 4.74 Å². The van der Waals surface area contributed by atoms with Crippen molar-refractivity contribution in [2.24, 2.45) is 5.41 Å². The van der Waals surface area contributed by atoms with Gasteiger partial charge >= 0.3 is 6.09 Å². The molecule has 6 heteroatoms. The first-order valence-corrected chi connectivity index (χ1v) is 10.2. The third-order valence-electron chi connectivity index (χ3n) is 5.00. The van der Waals surface area contributed by atoms with Gasteiger partial charge in [-0.1, -0.05) is 60.1 Å². The predicted molar refractivity (Wildman–Crippen MR) is 118 cm³/mol. The van der Waals surface area contributed by atoms with E-state index >= 15 is 0 Å². The number of nitrogens with one attached hydrogen (secondary N) is 1. The highest BCUT2D eigenvalue weighted by Crippen LogP contribution is 2.43. The number of fused-ring (bicyclic) bond motifs is 1. The molecule has 0 saturated carbocycles. The molecule has 0 aliphatic carbocycles. The number of carbonyl (C=O) groups is 1. The molecular formula is C23H24BrNO4. The van der Waals surface area contributed by atoms with Crippen molar-refractivity contribution in [1.82, 2.24) is 0 Å². The monoisotopic (exact) mass is 457 g/mol. The van der Waals surface area contributed by atoms with E-state index < -0.39 is 17.6 Å². The van der Waals surface area contributed by atoms with E-state index in [1.807, 2.05) is 50.2 Å². The summed E-state index contributed by atoms with van der Waals surface area (Å²) in [5.41, 5.74) is 0.862. The number of aromatic hydroxyl groups is 1. The highest BCUT2D eigenvalue weighted by atomic mass is 79.9. The highest BCUT2D eigenvalue weighted by molar-refractivity contribution is 9.10. The lowest BCUT2D eigenvalue weighted by molar-refractivity contribution is 0.0161. The maximum atomic E-state index is 12.7. The number of aliphatic hydroxyl groups is 1. The number of hydrogen-bond donors (Lipinski definition) is 3. The Morgan fingerprint density at radius 3 is 2.38 bits per heavy atom. The summed E-state index contributed by atoms with van der Waals surface area (Å²) in [4.78, 5) is 12.7. The zero-order valence-corrected chi connectivity index (χ0v) is 17.9. The van der Waals surface area contributed by atoms with Gasteiger partial charge in [-0.3, -0.25) is 5.32 Å². The zero-order chi connectivity index (χ0) is 21.0. The molecule has 0 fully saturated rings. The van der Waals surface area contributed by atoms with Gasteiger partial charge in [0.1, 0.15) is 11.9 Å². The predicted octanol–water partition coefficient (Wildman–Crippen LogP) is 6.01. The van der Waals surface area contributed by atoms with Crippen LogP contribution in [0.1, 0.15) is 31.9 Å². The molecule has 1 atom stereocenters. The third kappa shape index (κ3) is 4.89. The maximum absolute atomic E-state index is 12.7. The van der Waals surface area contributed by atoms with Crippen LogP contribution in [0.15, 0.2) is 65.1 Å². The van der Waals surface area contributed by atoms with E-state index in [-0.39, 0.29) is 12.4 Å². The molecule has 0 aromatic heterocycles. The van der Waals surface area contributed by atoms with Gasteiger partial charge in [0.2, 0.25) is 0 Å². The van der Waals surface area contributed by atoms with Crippen molar-refractivity contribution in [1.29, 1.82) is 0 Å². The molecule has 0 spiro atoms. The molecule has 3 rings (SSSR count). The molecule has 0 aliphatic heterocycles. The number of halogens is 1. The quantitative estimate of drug-likeness (QED) is 0.423. The smallest absolute Gasteiger partial charge is 0.412 e. The van der Waals surface area contributed by atoms with Crippen LogP contribution in [0.5, 0.6) is 5.75 Å². The number of ether oxygens (including phenoxy) is 1. The Balaban J connectivity index is 1.97. The van der Waals surface area contributed by atoms with E-state index in [2.05, 4.69) is 21.2 Å². The van der Waals surface area contributed by atoms with Crippen LogP contribution in [-0.2, 0) is 4.74 Å². The Labute approximate surface area is 178 Å². The van der Waals surface area contributed by atoms with E-state index in [0.717, 1.165) is 15.4 Å². The topological polar surface area (TPSA) is 78.8 Å². The van der Waals surface area contributed by atoms with Gasteiger partial charge in [-0.25, -0.2) is 4.79 Å². The normalized spacial score (nSPS) is 12.6. The van der Waals surface area contributed by atoms with Gasteiger partial charge in [0.25, 0.3) is 0 Å². The third-order valence-corrected chi connectivity index (χ3v) is 5.53. The fraction of sp³-hybridized carbons (Fsp3) is 0.261. The Kier molecular flexibility index (Phi) is 6.45. The first-order chi connectivity index (χ1) is 13.8. The lowest BCUT2D eigenvalue weighted by Crippen LogP contribution is -2.30. The molecule has 152 valence electrons. The van der Waals surface area contributed by atoms with Crippen LogP contribution in [0.2, 0.25) is 0 Å². The molecule has 0 aliphatic rings. The molecule has 1 amide bonds. The summed E-state index contributed by atoms with van der Waals surface area (Å²) < 4.78 is 6.79. The first kappa shape index (κ1) is 21.1. The Bertz CT molecular complexity index is 1000. The average molecular weight is 458 g/mol. The van der Waals surface area contributed by atoms with Crippen molar-refractivity contribution in [2.75, 3.05) is 11.9 Å². The van der Waals surface area contributed by atoms with Crippen LogP contribution < -0.4 is 5.32 Å². The minimum Gasteiger partial charge on any atom is -0.507 e. The van der Waals surface area contributed by atoms with Crippen molar-refractivity contribution >= 4 is 38.5 Å². The molecule has 0 radical (unpaired) electrons. The van der Waals surface area contributed by atoms with Gasteiger partial charge in [0.05, 0.1) is 0 Å². The molecule has 0 unspecified atom stereocenters. The summed E-state index contributed by atoms with van der Waals surface area (Å²) in [6.07, 6.45) is -0.769. The molecule has 0 heterocycles. The molecular weight excluding hydrogens is 434 g/mol. The number of phenolic OH excluding ortho intramolecular Hbond substituents is 1. The zero-order valence-electron chi connectivity index (χ0n) is 16.4. The number of anilines is 1. The van der Waals surface area contributed by atoms with E-state index in [1.54, 1.807) is 24.3 Å². The van der Waals surface area contributed by atoms with Crippen LogP contribution in [0.3, 0.4) is 0 Å². The minimum atomic E-state index is -0.629. The molecule has 3 N–H and O–H groups in total. The highest BCUT2D eigenvalue weighted by Gasteiger charge is 2.35. The average Bonchev–Trinajstić information content (AvgIpc) is 2.69. The van der Waals surface area contributed by atoms with Crippen molar-refractivity contribution in [3.63, 3.8) is 0 Å². The van der Waals surface area contributed by atoms with Crippen molar-refractivity contribution in [2.45, 2.75) is 26.4 Å². The Hall–Kier alpha value is -2.57. The van der Waals surface area contributed by atoms with Crippen LogP contribution in [0.25, 0.3) is 10.8 Å². The standard InChI is InChI=1S/C23H24BrNO4/c1-23(2,13-14-26)21(29-22(28)25-16-9-7-15(24)8-10-16)19-11-12-20(27)18-6-4-3-5-17(18)19/h3-12,21,26-27H,13-14H2,1-2H3,(H,25,28)/t21-/m1/s1. The van der Waals surface area contributed by atoms with E-state index in [0.29, 0.717) is 17.5 Å². The second kappa shape index (κ2) is 8.84. The number of phenols is 1. The van der Waals surface area contributed by atoms with Crippen LogP contribution >= 0.6 is 15.9 Å². The van der Waals surface area contributed by atoms with E-state index in [9.17, 15) is 15.0 Å². The summed E-state index contributed by atoms with van der Waals surface area (Å²) in [6.45, 7) is 3.86. The van der Waals surface area contributed by atoms with Crippen molar-refractivity contribution in [3.8, 4) is 5.75 Å². The van der Waals surface area contributed by atoms with Crippen molar-refractivity contribution < 1.29 is 19.7 Å². The van der Waals surface area contributed by atoms with Crippen LogP contribution in [0.4, 0.5) is 10.5 Å². The molecule has 0 saturated heterocycles. The SMILES string of the molecule is CC(C)(CCO)[C@H](OC(=O)Nc1ccc(Br)cc1)c1ccc(O)c2ccccc12. The Morgan fingerprint density at radius 1 is 1.07 bits per heavy atom. The molecule has 3 aromatic carbocycles. The second-order valence-electron chi connectivity index (χ2n) is 7.60. The summed E-state index contributed by atoms with van der Waals surface area (Å²) >= 11 is 3.37. The van der Waals surface area contributed by atoms with Crippen LogP contribution in [-0.4, -0.2) is 22.9 Å². The Morgan fingerprint density at radius 2 is 1.72 bits per heavy atom. The van der Waals surface area contributed by atoms with Gasteiger partial charge in [0.15, 0.2) is 0 Å². The number of rotatable bonds is 6. The molecule has 0 bridgehead atoms. The molecule has 29 heavy (non-hydrogen) atoms. The lowest BCUT2D eigenvalue weighted by atomic mass is 9.78. The van der Waals surface area contributed by atoms with Crippen molar-refractivity contribution in [3.05, 3.63) is 70.7 Å². The molecule has 3 aromatic rings. The van der Waals surface area contributed by atoms with Crippen LogP contribution in [0, 0.1) is 5.41 Å². The summed E-state index contributed by atoms with van der Waals surface area (Å²) in [6, 6.07) is 18.0. The summed E-state index contributed by atoms with van der Waals surface area (Å²) in [5, 5.41) is 24.0. The van der Waals surface area contributed by atoms with Gasteiger partial charge in [-0.15, -0.1) is 0 Å². The summed E-state index contributed by atoms with van der Waals surface area (Å²) in [7, 11) is 0. The van der Waals surface area contributed by atoms with E-state index in [1.165, 1.54) is 0 Å². The number of amides is 1. The lowest BCUT2D eigenvalue weighted by Gasteiger charge is -2.34. The van der Waals surface area contributed by atoms with Gasteiger partial charge in [-0.05, 0) is 42.1 Å². The van der Waals surface area contributed by atoms with Gasteiger partial charge < -0.3 is 14.9 Å². The summed E-state index contributed by atoms with van der Waals surface area (Å²) in [5.74, 6) is 0.169. The largest absolute Gasteiger partial charge is 0.507 e. The van der Waals surface area contributed by atoms with Gasteiger partial charge in [0, 0.05) is 33.1 Å². The molecule has 5 nitrogen and oxygen atoms in total. The van der Waals surface area contributed by atoms with Gasteiger partial charge in [-0.2, -0.15) is 0 Å². The fourth-order valence-corrected chi connectivity index (χ4v) is 3.65.